The minimum Gasteiger partial charge on any atom is -0.476 e. The number of carbonyl (C=O) groups is 1. The molecule has 1 N–H and O–H groups in total. The van der Waals surface area contributed by atoms with Crippen LogP contribution in [-0.4, -0.2) is 36.0 Å². The second kappa shape index (κ2) is 5.54. The van der Waals surface area contributed by atoms with Gasteiger partial charge in [0.05, 0.1) is 23.5 Å². The van der Waals surface area contributed by atoms with Crippen LogP contribution < -0.4 is 0 Å². The van der Waals surface area contributed by atoms with Crippen LogP contribution in [0.4, 0.5) is 0 Å². The van der Waals surface area contributed by atoms with E-state index in [4.69, 9.17) is 5.11 Å². The summed E-state index contributed by atoms with van der Waals surface area (Å²) in [5.41, 5.74) is -0.111. The Balaban J connectivity index is 1.95. The third kappa shape index (κ3) is 3.01. The molecule has 94 valence electrons. The van der Waals surface area contributed by atoms with Gasteiger partial charge in [0.15, 0.2) is 5.69 Å². The van der Waals surface area contributed by atoms with Gasteiger partial charge in [-0.1, -0.05) is 23.4 Å². The van der Waals surface area contributed by atoms with Crippen LogP contribution in [0.1, 0.15) is 10.5 Å². The molecular formula is C11H11N3O3S. The van der Waals surface area contributed by atoms with Crippen molar-refractivity contribution in [1.82, 2.24) is 15.0 Å². The fourth-order valence-electron chi connectivity index (χ4n) is 1.37. The summed E-state index contributed by atoms with van der Waals surface area (Å²) in [5.74, 6) is -0.752. The zero-order valence-corrected chi connectivity index (χ0v) is 10.2. The molecule has 0 bridgehead atoms. The third-order valence-electron chi connectivity index (χ3n) is 2.27. The van der Waals surface area contributed by atoms with E-state index in [0.29, 0.717) is 12.3 Å². The maximum atomic E-state index is 11.9. The summed E-state index contributed by atoms with van der Waals surface area (Å²) in [6.07, 6.45) is 1.32. The van der Waals surface area contributed by atoms with Crippen molar-refractivity contribution >= 4 is 16.8 Å². The topological polar surface area (TPSA) is 85.1 Å². The Kier molecular flexibility index (Phi) is 3.83. The van der Waals surface area contributed by atoms with Crippen LogP contribution in [0.2, 0.25) is 0 Å². The van der Waals surface area contributed by atoms with E-state index < -0.39 is 16.8 Å². The van der Waals surface area contributed by atoms with Crippen molar-refractivity contribution in [3.8, 4) is 0 Å². The fourth-order valence-corrected chi connectivity index (χ4v) is 2.42. The van der Waals surface area contributed by atoms with Crippen LogP contribution in [0, 0.1) is 0 Å². The van der Waals surface area contributed by atoms with Crippen LogP contribution in [0.5, 0.6) is 0 Å². The highest BCUT2D eigenvalue weighted by Gasteiger charge is 2.09. The Morgan fingerprint density at radius 1 is 1.33 bits per heavy atom. The van der Waals surface area contributed by atoms with Crippen LogP contribution in [0.15, 0.2) is 41.4 Å². The molecule has 1 atom stereocenters. The maximum absolute atomic E-state index is 11.9. The lowest BCUT2D eigenvalue weighted by Crippen LogP contribution is -2.08. The van der Waals surface area contributed by atoms with Gasteiger partial charge in [0, 0.05) is 10.6 Å². The Hall–Kier alpha value is -2.02. The van der Waals surface area contributed by atoms with Crippen LogP contribution in [0.3, 0.4) is 0 Å². The first-order valence-corrected chi connectivity index (χ1v) is 6.55. The second-order valence-corrected chi connectivity index (χ2v) is 5.11. The van der Waals surface area contributed by atoms with Crippen LogP contribution in [0.25, 0.3) is 0 Å². The molecule has 6 nitrogen and oxygen atoms in total. The first kappa shape index (κ1) is 12.4. The summed E-state index contributed by atoms with van der Waals surface area (Å²) in [5, 5.41) is 15.8. The number of hydrogen-bond donors (Lipinski definition) is 1. The fraction of sp³-hybridized carbons (Fsp3) is 0.182. The number of aromatic nitrogens is 3. The third-order valence-corrected chi connectivity index (χ3v) is 3.62. The number of carboxylic acids is 1. The standard InChI is InChI=1S/C11H11N3O3S/c15-11(16)10-8-14(13-12-10)6-7-18(17)9-4-2-1-3-5-9/h1-5,8H,6-7H2,(H,15,16). The van der Waals surface area contributed by atoms with Gasteiger partial charge in [-0.15, -0.1) is 5.10 Å². The Bertz CT molecular complexity index is 568. The molecule has 0 saturated carbocycles. The van der Waals surface area contributed by atoms with E-state index >= 15 is 0 Å². The molecule has 1 unspecified atom stereocenters. The molecule has 0 radical (unpaired) electrons. The molecule has 2 rings (SSSR count). The average molecular weight is 265 g/mol. The first-order chi connectivity index (χ1) is 8.66. The molecule has 0 aliphatic carbocycles. The van der Waals surface area contributed by atoms with Crippen molar-refractivity contribution < 1.29 is 14.1 Å². The average Bonchev–Trinajstić information content (AvgIpc) is 2.86. The minimum absolute atomic E-state index is 0.111. The van der Waals surface area contributed by atoms with Crippen molar-refractivity contribution in [3.63, 3.8) is 0 Å². The quantitative estimate of drug-likeness (QED) is 0.863. The number of nitrogens with zero attached hydrogens (tertiary/aromatic N) is 3. The molecule has 1 heterocycles. The number of carboxylic acid groups (broad SMARTS) is 1. The van der Waals surface area contributed by atoms with Crippen LogP contribution in [-0.2, 0) is 17.3 Å². The number of aryl methyl sites for hydroxylation is 1. The predicted octanol–water partition coefficient (Wildman–Crippen LogP) is 0.784. The summed E-state index contributed by atoms with van der Waals surface area (Å²) in [6.45, 7) is 0.363. The molecule has 0 aliphatic heterocycles. The van der Waals surface area contributed by atoms with E-state index in [1.807, 2.05) is 18.2 Å². The van der Waals surface area contributed by atoms with E-state index in [1.165, 1.54) is 10.9 Å². The molecule has 0 spiro atoms. The van der Waals surface area contributed by atoms with Gasteiger partial charge in [0.1, 0.15) is 0 Å². The van der Waals surface area contributed by atoms with E-state index in [0.717, 1.165) is 4.90 Å². The van der Waals surface area contributed by atoms with Crippen molar-refractivity contribution in [3.05, 3.63) is 42.2 Å². The highest BCUT2D eigenvalue weighted by atomic mass is 32.2. The van der Waals surface area contributed by atoms with E-state index in [1.54, 1.807) is 12.1 Å². The van der Waals surface area contributed by atoms with Gasteiger partial charge in [0.2, 0.25) is 0 Å². The summed E-state index contributed by atoms with van der Waals surface area (Å²) >= 11 is 0. The smallest absolute Gasteiger partial charge is 0.358 e. The molecule has 2 aromatic rings. The summed E-state index contributed by atoms with van der Waals surface area (Å²) < 4.78 is 13.3. The van der Waals surface area contributed by atoms with Crippen LogP contribution >= 0.6 is 0 Å². The number of hydrogen-bond acceptors (Lipinski definition) is 4. The van der Waals surface area contributed by atoms with Gasteiger partial charge in [-0.25, -0.2) is 4.79 Å². The zero-order chi connectivity index (χ0) is 13.0. The first-order valence-electron chi connectivity index (χ1n) is 5.23. The summed E-state index contributed by atoms with van der Waals surface area (Å²) in [7, 11) is -1.12. The number of benzene rings is 1. The monoisotopic (exact) mass is 265 g/mol. The van der Waals surface area contributed by atoms with Gasteiger partial charge in [0.25, 0.3) is 0 Å². The van der Waals surface area contributed by atoms with Crippen molar-refractivity contribution in [2.75, 3.05) is 5.75 Å². The van der Waals surface area contributed by atoms with E-state index in [9.17, 15) is 9.00 Å². The largest absolute Gasteiger partial charge is 0.476 e. The second-order valence-electron chi connectivity index (χ2n) is 3.53. The zero-order valence-electron chi connectivity index (χ0n) is 9.39. The van der Waals surface area contributed by atoms with Crippen molar-refractivity contribution in [1.29, 1.82) is 0 Å². The lowest BCUT2D eigenvalue weighted by molar-refractivity contribution is 0.0690. The molecule has 1 aromatic carbocycles. The minimum atomic E-state index is -1.12. The highest BCUT2D eigenvalue weighted by molar-refractivity contribution is 7.85. The van der Waals surface area contributed by atoms with Crippen molar-refractivity contribution in [2.45, 2.75) is 11.4 Å². The van der Waals surface area contributed by atoms with Gasteiger partial charge in [-0.3, -0.25) is 8.89 Å². The SMILES string of the molecule is O=C(O)c1cn(CCS(=O)c2ccccc2)nn1. The maximum Gasteiger partial charge on any atom is 0.358 e. The molecule has 7 heteroatoms. The van der Waals surface area contributed by atoms with Crippen molar-refractivity contribution in [2.24, 2.45) is 0 Å². The Morgan fingerprint density at radius 2 is 2.06 bits per heavy atom. The molecule has 18 heavy (non-hydrogen) atoms. The molecule has 0 saturated heterocycles. The highest BCUT2D eigenvalue weighted by Crippen LogP contribution is 2.06. The lowest BCUT2D eigenvalue weighted by atomic mass is 10.4. The summed E-state index contributed by atoms with van der Waals surface area (Å²) in [4.78, 5) is 11.3. The van der Waals surface area contributed by atoms with E-state index in [-0.39, 0.29) is 5.69 Å². The lowest BCUT2D eigenvalue weighted by Gasteiger charge is -2.01. The molecule has 1 aromatic heterocycles. The van der Waals surface area contributed by atoms with Gasteiger partial charge >= 0.3 is 5.97 Å². The molecular weight excluding hydrogens is 254 g/mol. The summed E-state index contributed by atoms with van der Waals surface area (Å²) in [6, 6.07) is 9.09. The molecule has 0 aliphatic rings. The predicted molar refractivity (Wildman–Crippen MR) is 64.7 cm³/mol. The van der Waals surface area contributed by atoms with Gasteiger partial charge in [-0.05, 0) is 12.1 Å². The number of rotatable bonds is 5. The number of aromatic carboxylic acids is 1. The Labute approximate surface area is 106 Å². The van der Waals surface area contributed by atoms with Gasteiger partial charge < -0.3 is 5.11 Å². The molecule has 0 fully saturated rings. The van der Waals surface area contributed by atoms with E-state index in [2.05, 4.69) is 10.3 Å². The molecule has 0 amide bonds. The normalized spacial score (nSPS) is 12.2. The Morgan fingerprint density at radius 3 is 2.67 bits per heavy atom. The van der Waals surface area contributed by atoms with Gasteiger partial charge in [-0.2, -0.15) is 0 Å².